The molecule has 0 saturated carbocycles. The van der Waals surface area contributed by atoms with Crippen LogP contribution in [0.3, 0.4) is 0 Å². The van der Waals surface area contributed by atoms with Crippen molar-refractivity contribution in [2.45, 2.75) is 0 Å². The Bertz CT molecular complexity index is 182. The van der Waals surface area contributed by atoms with E-state index in [1.807, 2.05) is 0 Å². The summed E-state index contributed by atoms with van der Waals surface area (Å²) in [6.45, 7) is 0. The van der Waals surface area contributed by atoms with E-state index >= 15 is 0 Å². The molecule has 18 heavy (non-hydrogen) atoms. The van der Waals surface area contributed by atoms with Crippen LogP contribution in [0.2, 0.25) is 0 Å². The van der Waals surface area contributed by atoms with E-state index in [0.29, 0.717) is 0 Å². The van der Waals surface area contributed by atoms with E-state index in [9.17, 15) is 0 Å². The number of halogens is 1. The summed E-state index contributed by atoms with van der Waals surface area (Å²) in [5, 5.41) is 13.9. The Morgan fingerprint density at radius 2 is 0.833 bits per heavy atom. The second-order valence-corrected chi connectivity index (χ2v) is 1.63. The van der Waals surface area contributed by atoms with Gasteiger partial charge >= 0.3 is 238 Å². The Morgan fingerprint density at radius 1 is 0.833 bits per heavy atom. The number of hydrogen-bond acceptors (Lipinski definition) is 3. The van der Waals surface area contributed by atoms with Gasteiger partial charge in [-0.15, -0.1) is 12.4 Å². The number of carbonyl (C=O) groups is 1. The molecule has 0 heterocycles. The first-order valence-electron chi connectivity index (χ1n) is 1.35. The molecule has 0 aliphatic carbocycles. The van der Waals surface area contributed by atoms with Gasteiger partial charge < -0.3 is 15.7 Å². The summed E-state index contributed by atoms with van der Waals surface area (Å²) < 4.78 is 31.6. The summed E-state index contributed by atoms with van der Waals surface area (Å²) in [4.78, 5) is 8.56. The molecule has 0 atom stereocenters. The van der Waals surface area contributed by atoms with Gasteiger partial charge in [0.05, 0.1) is 0 Å². The molecule has 0 amide bonds. The van der Waals surface area contributed by atoms with Crippen molar-refractivity contribution in [3.63, 3.8) is 0 Å². The van der Waals surface area contributed by atoms with Gasteiger partial charge in [0.25, 0.3) is 0 Å². The standard InChI is InChI=1S/CH2O3.ClH.2K.4Na.H2O4S.H2O.H2S.6H/c2-1(3)4;;;;;;;;1-5(2,3)4;;;;;;;;/h(H2,2,3,4);1H;;;;;;;(H2,1,2,3,4);2*1H2;;;;;;. The van der Waals surface area contributed by atoms with Crippen LogP contribution in [0.4, 0.5) is 4.79 Å². The van der Waals surface area contributed by atoms with Crippen molar-refractivity contribution in [1.82, 2.24) is 0 Å². The van der Waals surface area contributed by atoms with E-state index < -0.39 is 16.6 Å². The van der Waals surface area contributed by atoms with Gasteiger partial charge in [-0.2, -0.15) is 21.9 Å². The van der Waals surface area contributed by atoms with Crippen LogP contribution in [-0.4, -0.2) is 260 Å². The van der Waals surface area contributed by atoms with Crippen molar-refractivity contribution in [3.8, 4) is 0 Å². The Morgan fingerprint density at radius 3 is 0.833 bits per heavy atom. The fourth-order valence-electron chi connectivity index (χ4n) is 0. The third-order valence-electron chi connectivity index (χ3n) is 0. The Kier molecular flexibility index (Phi) is 202. The van der Waals surface area contributed by atoms with Crippen LogP contribution in [0.15, 0.2) is 0 Å². The predicted molar refractivity (Wildman–Crippen MR) is 89.0 cm³/mol. The summed E-state index contributed by atoms with van der Waals surface area (Å²) in [5.74, 6) is 0. The first-order valence-corrected chi connectivity index (χ1v) is 2.75. The number of rotatable bonds is 0. The van der Waals surface area contributed by atoms with Gasteiger partial charge in [-0.1, -0.05) is 0 Å². The quantitative estimate of drug-likeness (QED) is 0.224. The topological polar surface area (TPSA) is 164 Å². The van der Waals surface area contributed by atoms with E-state index in [-0.39, 0.29) is 252 Å². The van der Waals surface area contributed by atoms with E-state index in [1.54, 1.807) is 0 Å². The van der Waals surface area contributed by atoms with Crippen molar-refractivity contribution < 1.29 is 38.0 Å². The zero-order valence-electron chi connectivity index (χ0n) is 5.33. The fraction of sp³-hybridized carbons (Fsp3) is 0. The molecular weight excluding hydrogens is 410 g/mol. The van der Waals surface area contributed by atoms with Gasteiger partial charge in [0.1, 0.15) is 0 Å². The maximum atomic E-state index is 8.74. The van der Waals surface area contributed by atoms with Crippen LogP contribution in [0.5, 0.6) is 0 Å². The number of carboxylic acid groups (broad SMARTS) is 2. The molecule has 17 heteroatoms. The predicted octanol–water partition coefficient (Wildman–Crippen LogP) is -4.61. The summed E-state index contributed by atoms with van der Waals surface area (Å²) in [6.07, 6.45) is -1.83. The molecule has 92 valence electrons. The Hall–Kier alpha value is 7.01. The van der Waals surface area contributed by atoms with Crippen LogP contribution in [0.25, 0.3) is 0 Å². The third-order valence-corrected chi connectivity index (χ3v) is 0. The van der Waals surface area contributed by atoms with Crippen molar-refractivity contribution in [1.29, 1.82) is 0 Å². The Balaban J connectivity index is -0.00000000406. The van der Waals surface area contributed by atoms with Crippen LogP contribution in [0.1, 0.15) is 0 Å². The molecule has 8 nitrogen and oxygen atoms in total. The average molecular weight is 425 g/mol. The molecule has 0 aromatic rings. The second kappa shape index (κ2) is 49.6. The second-order valence-electron chi connectivity index (χ2n) is 0.730. The molecule has 0 aromatic heterocycles. The summed E-state index contributed by atoms with van der Waals surface area (Å²) in [6, 6.07) is 0. The van der Waals surface area contributed by atoms with Crippen molar-refractivity contribution in [2.75, 3.05) is 0 Å². The van der Waals surface area contributed by atoms with Gasteiger partial charge in [-0.05, 0) is 0 Å². The molecular formula is CH15ClK2Na4O8S2. The van der Waals surface area contributed by atoms with E-state index in [2.05, 4.69) is 0 Å². The van der Waals surface area contributed by atoms with Crippen molar-refractivity contribution in [2.24, 2.45) is 0 Å². The molecule has 0 saturated heterocycles. The summed E-state index contributed by atoms with van der Waals surface area (Å²) in [5.41, 5.74) is 0. The van der Waals surface area contributed by atoms with Gasteiger partial charge in [0, 0.05) is 0 Å². The number of hydrogen-bond donors (Lipinski definition) is 4. The van der Waals surface area contributed by atoms with Crippen LogP contribution < -0.4 is 0 Å². The summed E-state index contributed by atoms with van der Waals surface area (Å²) >= 11 is 0. The minimum atomic E-state index is -4.67. The zero-order chi connectivity index (χ0) is 8.08. The van der Waals surface area contributed by atoms with E-state index in [1.165, 1.54) is 0 Å². The fourth-order valence-corrected chi connectivity index (χ4v) is 0. The molecule has 0 aliphatic rings. The van der Waals surface area contributed by atoms with Crippen LogP contribution in [0, 0.1) is 0 Å². The molecule has 0 aliphatic heterocycles. The molecule has 6 N–H and O–H groups in total. The van der Waals surface area contributed by atoms with Crippen molar-refractivity contribution >= 4 is 263 Å². The monoisotopic (exact) mass is 424 g/mol. The molecule has 0 bridgehead atoms. The third kappa shape index (κ3) is 227. The molecule has 0 radical (unpaired) electrons. The zero-order valence-corrected chi connectivity index (χ0v) is 7.96. The molecule has 0 spiro atoms. The molecule has 0 fully saturated rings. The first kappa shape index (κ1) is 73.5. The van der Waals surface area contributed by atoms with Gasteiger partial charge in [0.2, 0.25) is 0 Å². The normalized spacial score (nSPS) is 4.56. The SMILES string of the molecule is Cl.O.O=C(O)O.O=S(=O)(O)O.S.[KH].[KH].[NaH].[NaH].[NaH].[NaH]. The van der Waals surface area contributed by atoms with Crippen LogP contribution >= 0.6 is 25.9 Å². The average Bonchev–Trinajstić information content (AvgIpc) is 1.19. The first-order chi connectivity index (χ1) is 3.73. The van der Waals surface area contributed by atoms with E-state index in [0.717, 1.165) is 0 Å². The minimum absolute atomic E-state index is 0. The van der Waals surface area contributed by atoms with Crippen molar-refractivity contribution in [3.05, 3.63) is 0 Å². The Labute approximate surface area is 292 Å². The van der Waals surface area contributed by atoms with E-state index in [4.69, 9.17) is 32.5 Å². The summed E-state index contributed by atoms with van der Waals surface area (Å²) in [7, 11) is -4.67. The van der Waals surface area contributed by atoms with Crippen LogP contribution in [-0.2, 0) is 10.4 Å². The molecule has 0 aromatic carbocycles. The maximum absolute atomic E-state index is 8.74. The van der Waals surface area contributed by atoms with Gasteiger partial charge in [0.15, 0.2) is 0 Å². The van der Waals surface area contributed by atoms with Gasteiger partial charge in [-0.3, -0.25) is 9.11 Å². The van der Waals surface area contributed by atoms with Gasteiger partial charge in [-0.25, -0.2) is 4.79 Å². The molecule has 0 unspecified atom stereocenters. The molecule has 0 rings (SSSR count).